The minimum Gasteiger partial charge on any atom is -0.272 e. The average Bonchev–Trinajstić information content (AvgIpc) is 2.48. The van der Waals surface area contributed by atoms with Crippen LogP contribution in [0.3, 0.4) is 0 Å². The van der Waals surface area contributed by atoms with Gasteiger partial charge < -0.3 is 0 Å². The van der Waals surface area contributed by atoms with Crippen molar-refractivity contribution in [2.75, 3.05) is 5.75 Å². The summed E-state index contributed by atoms with van der Waals surface area (Å²) in [4.78, 5) is 15.6. The molecule has 1 heterocycles. The molecule has 0 radical (unpaired) electrons. The fourth-order valence-corrected chi connectivity index (χ4v) is 2.01. The third-order valence-corrected chi connectivity index (χ3v) is 3.23. The second-order valence-electron chi connectivity index (χ2n) is 3.77. The summed E-state index contributed by atoms with van der Waals surface area (Å²) in [7, 11) is 0. The van der Waals surface area contributed by atoms with Gasteiger partial charge in [0.1, 0.15) is 5.82 Å². The molecular formula is C14H12FN3OS. The van der Waals surface area contributed by atoms with Gasteiger partial charge in [0.25, 0.3) is 0 Å². The van der Waals surface area contributed by atoms with Crippen LogP contribution in [-0.4, -0.2) is 22.9 Å². The maximum absolute atomic E-state index is 13.3. The predicted molar refractivity (Wildman–Crippen MR) is 77.1 cm³/mol. The molecule has 2 aromatic rings. The van der Waals surface area contributed by atoms with E-state index in [0.717, 1.165) is 5.03 Å². The van der Waals surface area contributed by atoms with Gasteiger partial charge in [-0.3, -0.25) is 4.79 Å². The normalized spacial score (nSPS) is 10.7. The van der Waals surface area contributed by atoms with E-state index in [4.69, 9.17) is 0 Å². The van der Waals surface area contributed by atoms with Gasteiger partial charge in [-0.2, -0.15) is 5.10 Å². The first kappa shape index (κ1) is 14.2. The number of carbonyl (C=O) groups is 1. The molecule has 0 fully saturated rings. The third kappa shape index (κ3) is 4.47. The molecule has 0 aliphatic heterocycles. The number of nitrogens with zero attached hydrogens (tertiary/aromatic N) is 2. The molecule has 0 spiro atoms. The minimum atomic E-state index is -0.381. The minimum absolute atomic E-state index is 0.200. The number of hydrogen-bond acceptors (Lipinski definition) is 4. The van der Waals surface area contributed by atoms with Crippen LogP contribution in [0.15, 0.2) is 58.8 Å². The number of carbonyl (C=O) groups excluding carboxylic acids is 1. The fraction of sp³-hybridized carbons (Fsp3) is 0.0714. The van der Waals surface area contributed by atoms with E-state index in [-0.39, 0.29) is 17.5 Å². The number of amides is 1. The Morgan fingerprint density at radius 3 is 2.85 bits per heavy atom. The van der Waals surface area contributed by atoms with Gasteiger partial charge in [-0.05, 0) is 18.2 Å². The third-order valence-electron chi connectivity index (χ3n) is 2.29. The molecule has 0 aliphatic rings. The van der Waals surface area contributed by atoms with E-state index in [9.17, 15) is 9.18 Å². The highest BCUT2D eigenvalue weighted by atomic mass is 32.2. The van der Waals surface area contributed by atoms with E-state index >= 15 is 0 Å². The first-order valence-electron chi connectivity index (χ1n) is 5.86. The van der Waals surface area contributed by atoms with Crippen molar-refractivity contribution in [1.29, 1.82) is 0 Å². The number of benzene rings is 1. The molecule has 1 N–H and O–H groups in total. The first-order chi connectivity index (χ1) is 9.75. The molecular weight excluding hydrogens is 277 g/mol. The fourth-order valence-electron chi connectivity index (χ4n) is 1.36. The quantitative estimate of drug-likeness (QED) is 0.522. The Hall–Kier alpha value is -2.21. The summed E-state index contributed by atoms with van der Waals surface area (Å²) in [5.41, 5.74) is 2.67. The van der Waals surface area contributed by atoms with E-state index < -0.39 is 0 Å². The maximum Gasteiger partial charge on any atom is 0.250 e. The van der Waals surface area contributed by atoms with Crippen molar-refractivity contribution in [3.8, 4) is 0 Å². The zero-order chi connectivity index (χ0) is 14.2. The van der Waals surface area contributed by atoms with Gasteiger partial charge in [-0.15, -0.1) is 0 Å². The van der Waals surface area contributed by atoms with Crippen LogP contribution in [0.25, 0.3) is 0 Å². The SMILES string of the molecule is O=C(CSc1ccccn1)N/N=C/c1ccccc1F. The predicted octanol–water partition coefficient (Wildman–Crippen LogP) is 2.46. The zero-order valence-corrected chi connectivity index (χ0v) is 11.3. The summed E-state index contributed by atoms with van der Waals surface area (Å²) in [5.74, 6) is -0.451. The van der Waals surface area contributed by atoms with Crippen LogP contribution in [0.1, 0.15) is 5.56 Å². The first-order valence-corrected chi connectivity index (χ1v) is 6.84. The highest BCUT2D eigenvalue weighted by Crippen LogP contribution is 2.12. The van der Waals surface area contributed by atoms with E-state index in [1.165, 1.54) is 24.0 Å². The zero-order valence-electron chi connectivity index (χ0n) is 10.5. The number of thioether (sulfide) groups is 1. The van der Waals surface area contributed by atoms with Crippen LogP contribution >= 0.6 is 11.8 Å². The molecule has 1 aromatic carbocycles. The summed E-state index contributed by atoms with van der Waals surface area (Å²) >= 11 is 1.31. The van der Waals surface area contributed by atoms with Crippen molar-refractivity contribution in [3.05, 3.63) is 60.0 Å². The van der Waals surface area contributed by atoms with Crippen LogP contribution in [-0.2, 0) is 4.79 Å². The van der Waals surface area contributed by atoms with Gasteiger partial charge in [-0.1, -0.05) is 36.0 Å². The van der Waals surface area contributed by atoms with E-state index in [0.29, 0.717) is 5.56 Å². The monoisotopic (exact) mass is 289 g/mol. The molecule has 1 amide bonds. The molecule has 102 valence electrons. The van der Waals surface area contributed by atoms with Crippen molar-refractivity contribution in [3.63, 3.8) is 0 Å². The van der Waals surface area contributed by atoms with Crippen LogP contribution in [0.4, 0.5) is 4.39 Å². The van der Waals surface area contributed by atoms with Crippen LogP contribution in [0.5, 0.6) is 0 Å². The summed E-state index contributed by atoms with van der Waals surface area (Å²) in [6, 6.07) is 11.7. The molecule has 0 bridgehead atoms. The summed E-state index contributed by atoms with van der Waals surface area (Å²) in [5, 5.41) is 4.48. The molecule has 0 unspecified atom stereocenters. The lowest BCUT2D eigenvalue weighted by molar-refractivity contribution is -0.118. The van der Waals surface area contributed by atoms with Crippen LogP contribution in [0.2, 0.25) is 0 Å². The molecule has 20 heavy (non-hydrogen) atoms. The summed E-state index contributed by atoms with van der Waals surface area (Å²) < 4.78 is 13.3. The van der Waals surface area contributed by atoms with Gasteiger partial charge in [-0.25, -0.2) is 14.8 Å². The number of nitrogens with one attached hydrogen (secondary N) is 1. The Bertz CT molecular complexity index is 604. The number of halogens is 1. The lowest BCUT2D eigenvalue weighted by atomic mass is 10.2. The number of aromatic nitrogens is 1. The molecule has 2 rings (SSSR count). The van der Waals surface area contributed by atoms with Gasteiger partial charge in [0.2, 0.25) is 5.91 Å². The topological polar surface area (TPSA) is 54.4 Å². The number of pyridine rings is 1. The van der Waals surface area contributed by atoms with E-state index in [2.05, 4.69) is 15.5 Å². The average molecular weight is 289 g/mol. The number of hydrogen-bond donors (Lipinski definition) is 1. The van der Waals surface area contributed by atoms with E-state index in [1.54, 1.807) is 24.4 Å². The molecule has 0 atom stereocenters. The Kier molecular flexibility index (Phi) is 5.25. The number of hydrazone groups is 1. The lowest BCUT2D eigenvalue weighted by Crippen LogP contribution is -2.19. The molecule has 1 aromatic heterocycles. The van der Waals surface area contributed by atoms with Crippen molar-refractivity contribution in [2.24, 2.45) is 5.10 Å². The van der Waals surface area contributed by atoms with Crippen molar-refractivity contribution < 1.29 is 9.18 Å². The lowest BCUT2D eigenvalue weighted by Gasteiger charge is -2.00. The van der Waals surface area contributed by atoms with Gasteiger partial charge in [0.15, 0.2) is 0 Å². The van der Waals surface area contributed by atoms with Crippen molar-refractivity contribution >= 4 is 23.9 Å². The van der Waals surface area contributed by atoms with Gasteiger partial charge in [0.05, 0.1) is 17.0 Å². The van der Waals surface area contributed by atoms with Crippen LogP contribution in [0, 0.1) is 5.82 Å². The molecule has 6 heteroatoms. The number of rotatable bonds is 5. The van der Waals surface area contributed by atoms with E-state index in [1.807, 2.05) is 18.2 Å². The Morgan fingerprint density at radius 1 is 1.30 bits per heavy atom. The Balaban J connectivity index is 1.79. The maximum atomic E-state index is 13.3. The largest absolute Gasteiger partial charge is 0.272 e. The smallest absolute Gasteiger partial charge is 0.250 e. The Morgan fingerprint density at radius 2 is 2.10 bits per heavy atom. The second kappa shape index (κ2) is 7.40. The summed E-state index contributed by atoms with van der Waals surface area (Å²) in [6.07, 6.45) is 2.94. The molecule has 4 nitrogen and oxygen atoms in total. The Labute approximate surface area is 120 Å². The molecule has 0 aliphatic carbocycles. The van der Waals surface area contributed by atoms with Crippen molar-refractivity contribution in [1.82, 2.24) is 10.4 Å². The summed E-state index contributed by atoms with van der Waals surface area (Å²) in [6.45, 7) is 0. The molecule has 0 saturated carbocycles. The molecule has 0 saturated heterocycles. The highest BCUT2D eigenvalue weighted by molar-refractivity contribution is 7.99. The van der Waals surface area contributed by atoms with Crippen LogP contribution < -0.4 is 5.43 Å². The van der Waals surface area contributed by atoms with Gasteiger partial charge >= 0.3 is 0 Å². The highest BCUT2D eigenvalue weighted by Gasteiger charge is 2.02. The second-order valence-corrected chi connectivity index (χ2v) is 4.77. The van der Waals surface area contributed by atoms with Crippen molar-refractivity contribution in [2.45, 2.75) is 5.03 Å². The van der Waals surface area contributed by atoms with Gasteiger partial charge in [0, 0.05) is 11.8 Å². The standard InChI is InChI=1S/C14H12FN3OS/c15-12-6-2-1-5-11(12)9-17-18-13(19)10-20-14-7-3-4-8-16-14/h1-9H,10H2,(H,18,19)/b17-9+.